The van der Waals surface area contributed by atoms with Crippen LogP contribution in [0.3, 0.4) is 0 Å². The Bertz CT molecular complexity index is 414. The van der Waals surface area contributed by atoms with E-state index in [9.17, 15) is 14.4 Å². The van der Waals surface area contributed by atoms with Crippen LogP contribution in [-0.2, 0) is 28.6 Å². The second-order valence-corrected chi connectivity index (χ2v) is 5.10. The van der Waals surface area contributed by atoms with E-state index < -0.39 is 23.8 Å². The molecule has 1 aliphatic carbocycles. The first kappa shape index (κ1) is 17.2. The number of rotatable bonds is 6. The van der Waals surface area contributed by atoms with Crippen molar-refractivity contribution < 1.29 is 28.6 Å². The summed E-state index contributed by atoms with van der Waals surface area (Å²) in [6.07, 6.45) is 3.04. The summed E-state index contributed by atoms with van der Waals surface area (Å²) >= 11 is 0. The molecule has 118 valence electrons. The van der Waals surface area contributed by atoms with Crippen molar-refractivity contribution in [2.24, 2.45) is 11.8 Å². The molecule has 21 heavy (non-hydrogen) atoms. The van der Waals surface area contributed by atoms with E-state index in [1.165, 1.54) is 14.0 Å². The summed E-state index contributed by atoms with van der Waals surface area (Å²) in [6, 6.07) is 0. The highest BCUT2D eigenvalue weighted by Gasteiger charge is 2.37. The molecule has 0 aromatic heterocycles. The highest BCUT2D eigenvalue weighted by atomic mass is 16.6. The second kappa shape index (κ2) is 8.44. The largest absolute Gasteiger partial charge is 0.469 e. The van der Waals surface area contributed by atoms with Gasteiger partial charge in [0.1, 0.15) is 13.2 Å². The van der Waals surface area contributed by atoms with Crippen molar-refractivity contribution in [2.45, 2.75) is 32.6 Å². The van der Waals surface area contributed by atoms with Crippen molar-refractivity contribution in [2.75, 3.05) is 20.3 Å². The first-order chi connectivity index (χ1) is 9.97. The lowest BCUT2D eigenvalue weighted by Gasteiger charge is -2.27. The smallest absolute Gasteiger partial charge is 0.333 e. The molecular formula is C15H22O6. The Morgan fingerprint density at radius 3 is 2.05 bits per heavy atom. The molecule has 0 bridgehead atoms. The number of esters is 3. The van der Waals surface area contributed by atoms with Crippen molar-refractivity contribution in [3.05, 3.63) is 12.2 Å². The maximum Gasteiger partial charge on any atom is 0.333 e. The van der Waals surface area contributed by atoms with Crippen molar-refractivity contribution in [1.82, 2.24) is 0 Å². The molecule has 1 aliphatic rings. The molecule has 0 amide bonds. The number of methoxy groups -OCH3 is 1. The Morgan fingerprint density at radius 1 is 1.00 bits per heavy atom. The van der Waals surface area contributed by atoms with Crippen LogP contribution < -0.4 is 0 Å². The molecule has 0 saturated heterocycles. The van der Waals surface area contributed by atoms with Crippen LogP contribution >= 0.6 is 0 Å². The van der Waals surface area contributed by atoms with Crippen LogP contribution in [0, 0.1) is 11.8 Å². The predicted octanol–water partition coefficient (Wildman–Crippen LogP) is 1.63. The monoisotopic (exact) mass is 298 g/mol. The van der Waals surface area contributed by atoms with Crippen molar-refractivity contribution in [3.63, 3.8) is 0 Å². The molecule has 0 aromatic carbocycles. The van der Waals surface area contributed by atoms with Crippen molar-refractivity contribution in [3.8, 4) is 0 Å². The van der Waals surface area contributed by atoms with Gasteiger partial charge in [-0.15, -0.1) is 0 Å². The number of carbonyl (C=O) groups is 3. The predicted molar refractivity (Wildman–Crippen MR) is 74.2 cm³/mol. The van der Waals surface area contributed by atoms with Gasteiger partial charge in [0.05, 0.1) is 18.9 Å². The fourth-order valence-electron chi connectivity index (χ4n) is 2.35. The summed E-state index contributed by atoms with van der Waals surface area (Å²) in [5, 5.41) is 0. The summed E-state index contributed by atoms with van der Waals surface area (Å²) in [4.78, 5) is 34.8. The van der Waals surface area contributed by atoms with Crippen molar-refractivity contribution in [1.29, 1.82) is 0 Å². The van der Waals surface area contributed by atoms with Crippen LogP contribution in [0.25, 0.3) is 0 Å². The van der Waals surface area contributed by atoms with E-state index in [4.69, 9.17) is 14.2 Å². The molecule has 2 unspecified atom stereocenters. The van der Waals surface area contributed by atoms with Crippen LogP contribution in [0.4, 0.5) is 0 Å². The van der Waals surface area contributed by atoms with Crippen LogP contribution in [0.2, 0.25) is 0 Å². The van der Waals surface area contributed by atoms with E-state index in [2.05, 4.69) is 6.58 Å². The summed E-state index contributed by atoms with van der Waals surface area (Å²) < 4.78 is 14.6. The second-order valence-electron chi connectivity index (χ2n) is 5.10. The standard InChI is InChI=1S/C15H22O6/c1-10(2)13(16)20-8-9-21-15(18)12-7-5-4-6-11(12)14(17)19-3/h11-12H,1,4-9H2,2-3H3. The Morgan fingerprint density at radius 2 is 1.52 bits per heavy atom. The molecule has 1 fully saturated rings. The van der Waals surface area contributed by atoms with Gasteiger partial charge in [0.2, 0.25) is 0 Å². The molecule has 0 heterocycles. The number of hydrogen-bond acceptors (Lipinski definition) is 6. The van der Waals surface area contributed by atoms with Gasteiger partial charge in [-0.1, -0.05) is 19.4 Å². The third-order valence-corrected chi connectivity index (χ3v) is 3.48. The topological polar surface area (TPSA) is 78.9 Å². The van der Waals surface area contributed by atoms with Gasteiger partial charge >= 0.3 is 17.9 Å². The Labute approximate surface area is 124 Å². The zero-order chi connectivity index (χ0) is 15.8. The van der Waals surface area contributed by atoms with E-state index >= 15 is 0 Å². The summed E-state index contributed by atoms with van der Waals surface area (Å²) in [5.74, 6) is -2.23. The highest BCUT2D eigenvalue weighted by molar-refractivity contribution is 5.87. The highest BCUT2D eigenvalue weighted by Crippen LogP contribution is 2.31. The molecule has 0 aromatic rings. The minimum absolute atomic E-state index is 0.0208. The first-order valence-electron chi connectivity index (χ1n) is 7.04. The van der Waals surface area contributed by atoms with E-state index in [1.807, 2.05) is 0 Å². The van der Waals surface area contributed by atoms with Crippen LogP contribution in [0.15, 0.2) is 12.2 Å². The molecule has 0 N–H and O–H groups in total. The van der Waals surface area contributed by atoms with Gasteiger partial charge in [-0.25, -0.2) is 4.79 Å². The van der Waals surface area contributed by atoms with E-state index in [0.29, 0.717) is 18.4 Å². The molecule has 0 radical (unpaired) electrons. The maximum absolute atomic E-state index is 12.0. The SMILES string of the molecule is C=C(C)C(=O)OCCOC(=O)C1CCCCC1C(=O)OC. The van der Waals surface area contributed by atoms with E-state index in [0.717, 1.165) is 12.8 Å². The normalized spacial score (nSPS) is 21.2. The van der Waals surface area contributed by atoms with E-state index in [1.54, 1.807) is 0 Å². The Kier molecular flexibility index (Phi) is 6.91. The molecule has 1 rings (SSSR count). The summed E-state index contributed by atoms with van der Waals surface area (Å²) in [5.41, 5.74) is 0.291. The number of hydrogen-bond donors (Lipinski definition) is 0. The summed E-state index contributed by atoms with van der Waals surface area (Å²) in [7, 11) is 1.32. The molecular weight excluding hydrogens is 276 g/mol. The van der Waals surface area contributed by atoms with Gasteiger partial charge in [0, 0.05) is 5.57 Å². The van der Waals surface area contributed by atoms with Gasteiger partial charge in [-0.3, -0.25) is 9.59 Å². The molecule has 0 spiro atoms. The van der Waals surface area contributed by atoms with Gasteiger partial charge in [0.15, 0.2) is 0 Å². The third-order valence-electron chi connectivity index (χ3n) is 3.48. The fourth-order valence-corrected chi connectivity index (χ4v) is 2.35. The van der Waals surface area contributed by atoms with Crippen LogP contribution in [0.5, 0.6) is 0 Å². The fraction of sp³-hybridized carbons (Fsp3) is 0.667. The summed E-state index contributed by atoms with van der Waals surface area (Å²) in [6.45, 7) is 4.94. The average Bonchev–Trinajstić information content (AvgIpc) is 2.50. The maximum atomic E-state index is 12.0. The third kappa shape index (κ3) is 5.21. The lowest BCUT2D eigenvalue weighted by atomic mass is 9.79. The Balaban J connectivity index is 2.40. The molecule has 6 heteroatoms. The molecule has 1 saturated carbocycles. The van der Waals surface area contributed by atoms with Gasteiger partial charge in [-0.05, 0) is 19.8 Å². The zero-order valence-corrected chi connectivity index (χ0v) is 12.6. The minimum atomic E-state index is -0.517. The lowest BCUT2D eigenvalue weighted by Crippen LogP contribution is -2.35. The Hall–Kier alpha value is -1.85. The van der Waals surface area contributed by atoms with E-state index in [-0.39, 0.29) is 19.2 Å². The van der Waals surface area contributed by atoms with Crippen LogP contribution in [-0.4, -0.2) is 38.2 Å². The molecule has 2 atom stereocenters. The van der Waals surface area contributed by atoms with Gasteiger partial charge in [0.25, 0.3) is 0 Å². The van der Waals surface area contributed by atoms with Gasteiger partial charge in [-0.2, -0.15) is 0 Å². The molecule has 6 nitrogen and oxygen atoms in total. The number of carbonyl (C=O) groups excluding carboxylic acids is 3. The average molecular weight is 298 g/mol. The lowest BCUT2D eigenvalue weighted by molar-refractivity contribution is -0.163. The molecule has 0 aliphatic heterocycles. The first-order valence-corrected chi connectivity index (χ1v) is 7.04. The van der Waals surface area contributed by atoms with Crippen LogP contribution in [0.1, 0.15) is 32.6 Å². The van der Waals surface area contributed by atoms with Gasteiger partial charge < -0.3 is 14.2 Å². The van der Waals surface area contributed by atoms with Crippen molar-refractivity contribution >= 4 is 17.9 Å². The number of ether oxygens (including phenoxy) is 3. The quantitative estimate of drug-likeness (QED) is 0.321. The minimum Gasteiger partial charge on any atom is -0.469 e. The zero-order valence-electron chi connectivity index (χ0n) is 12.6.